The van der Waals surface area contributed by atoms with Crippen molar-refractivity contribution >= 4 is 40.7 Å². The Morgan fingerprint density at radius 3 is 2.57 bits per heavy atom. The predicted molar refractivity (Wildman–Crippen MR) is 105 cm³/mol. The Morgan fingerprint density at radius 2 is 1.79 bits per heavy atom. The van der Waals surface area contributed by atoms with E-state index in [0.717, 1.165) is 5.56 Å². The number of hydrogen-bond donors (Lipinski definition) is 3. The lowest BCUT2D eigenvalue weighted by molar-refractivity contribution is 0.314. The minimum absolute atomic E-state index is 0.0552. The largest absolute Gasteiger partial charge is 0.507 e. The maximum atomic E-state index is 9.86. The van der Waals surface area contributed by atoms with Gasteiger partial charge in [0.1, 0.15) is 5.75 Å². The van der Waals surface area contributed by atoms with Crippen molar-refractivity contribution in [3.63, 3.8) is 0 Å². The van der Waals surface area contributed by atoms with Crippen LogP contribution in [0.25, 0.3) is 11.3 Å². The summed E-state index contributed by atoms with van der Waals surface area (Å²) in [4.78, 5) is 8.67. The molecular weight excluding hydrogens is 382 g/mol. The quantitative estimate of drug-likeness (QED) is 0.335. The molecule has 2 heterocycles. The number of benzene rings is 2. The van der Waals surface area contributed by atoms with Crippen molar-refractivity contribution < 1.29 is 9.74 Å². The van der Waals surface area contributed by atoms with Crippen LogP contribution in [-0.4, -0.2) is 31.6 Å². The number of aromatic hydroxyl groups is 1. The molecule has 0 unspecified atom stereocenters. The number of halogens is 1. The highest BCUT2D eigenvalue weighted by Crippen LogP contribution is 2.22. The number of phenolic OH excluding ortho intramolecular Hbond substituents is 1. The second kappa shape index (κ2) is 7.89. The van der Waals surface area contributed by atoms with Gasteiger partial charge in [0.15, 0.2) is 11.6 Å². The van der Waals surface area contributed by atoms with Gasteiger partial charge in [-0.25, -0.2) is 9.61 Å². The van der Waals surface area contributed by atoms with E-state index in [4.69, 9.17) is 11.6 Å². The molecule has 0 saturated heterocycles. The van der Waals surface area contributed by atoms with Crippen molar-refractivity contribution in [1.82, 2.24) is 20.3 Å². The maximum absolute atomic E-state index is 9.86. The number of aromatic nitrogens is 4. The van der Waals surface area contributed by atoms with E-state index >= 15 is 0 Å². The van der Waals surface area contributed by atoms with Crippen molar-refractivity contribution in [1.29, 1.82) is 0 Å². The molecule has 9 nitrogen and oxygen atoms in total. The molecule has 2 aromatic carbocycles. The van der Waals surface area contributed by atoms with Gasteiger partial charge in [0.2, 0.25) is 11.3 Å². The van der Waals surface area contributed by atoms with Crippen LogP contribution in [0.5, 0.6) is 5.75 Å². The number of nitrogens with zero attached hydrogens (tertiary/aromatic N) is 5. The average Bonchev–Trinajstić information content (AvgIpc) is 3.17. The second-order valence-corrected chi connectivity index (χ2v) is 6.18. The third-order valence-electron chi connectivity index (χ3n) is 3.78. The van der Waals surface area contributed by atoms with Gasteiger partial charge in [-0.1, -0.05) is 41.9 Å². The molecule has 140 valence electrons. The molecule has 0 aliphatic heterocycles. The molecule has 0 saturated carbocycles. The molecule has 0 radical (unpaired) electrons. The molecule has 4 rings (SSSR count). The Balaban J connectivity index is 1.57. The number of hydrogen-bond acceptors (Lipinski definition) is 9. The van der Waals surface area contributed by atoms with E-state index in [1.54, 1.807) is 12.1 Å². The predicted octanol–water partition coefficient (Wildman–Crippen LogP) is 3.43. The molecule has 0 spiro atoms. The molecule has 0 atom stereocenters. The first kappa shape index (κ1) is 17.7. The van der Waals surface area contributed by atoms with Crippen LogP contribution in [-0.2, 0) is 6.54 Å². The molecule has 0 fully saturated rings. The SMILES string of the molecule is Oc1ccc(Cl)cc1C=NNc1nc2nonc2nc1NCc1ccccc1. The number of fused-ring (bicyclic) bond motifs is 1. The Kier molecular flexibility index (Phi) is 4.98. The summed E-state index contributed by atoms with van der Waals surface area (Å²) >= 11 is 5.94. The van der Waals surface area contributed by atoms with Gasteiger partial charge in [0.25, 0.3) is 0 Å². The standard InChI is InChI=1S/C18H14ClN7O2/c19-13-6-7-14(27)12(8-13)10-21-24-16-15(20-9-11-4-2-1-3-5-11)22-17-18(23-16)26-28-25-17/h1-8,10,27H,9H2,(H,20,22,25)(H,23,24,26). The molecule has 0 aliphatic carbocycles. The highest BCUT2D eigenvalue weighted by molar-refractivity contribution is 6.30. The fourth-order valence-corrected chi connectivity index (χ4v) is 2.59. The van der Waals surface area contributed by atoms with Gasteiger partial charge in [-0.05, 0) is 34.1 Å². The molecule has 3 N–H and O–H groups in total. The molecule has 0 bridgehead atoms. The van der Waals surface area contributed by atoms with E-state index in [1.807, 2.05) is 30.3 Å². The number of phenols is 1. The van der Waals surface area contributed by atoms with Crippen molar-refractivity contribution in [2.45, 2.75) is 6.54 Å². The average molecular weight is 396 g/mol. The first-order valence-corrected chi connectivity index (χ1v) is 8.62. The van der Waals surface area contributed by atoms with Gasteiger partial charge in [-0.15, -0.1) is 0 Å². The number of anilines is 2. The maximum Gasteiger partial charge on any atom is 0.245 e. The molecule has 2 aromatic heterocycles. The Labute approximate surface area is 164 Å². The first-order chi connectivity index (χ1) is 13.7. The molecule has 0 amide bonds. The normalized spacial score (nSPS) is 11.2. The van der Waals surface area contributed by atoms with E-state index in [0.29, 0.717) is 28.8 Å². The van der Waals surface area contributed by atoms with Crippen molar-refractivity contribution in [2.24, 2.45) is 5.10 Å². The van der Waals surface area contributed by atoms with Crippen molar-refractivity contribution in [3.8, 4) is 5.75 Å². The van der Waals surface area contributed by atoms with E-state index < -0.39 is 0 Å². The van der Waals surface area contributed by atoms with Gasteiger partial charge in [0, 0.05) is 17.1 Å². The third-order valence-corrected chi connectivity index (χ3v) is 4.02. The summed E-state index contributed by atoms with van der Waals surface area (Å²) in [5.74, 6) is 0.816. The Morgan fingerprint density at radius 1 is 1.04 bits per heavy atom. The lowest BCUT2D eigenvalue weighted by atomic mass is 10.2. The van der Waals surface area contributed by atoms with Crippen LogP contribution in [0.15, 0.2) is 58.3 Å². The third kappa shape index (κ3) is 3.99. The molecule has 0 aliphatic rings. The van der Waals surface area contributed by atoms with Crippen LogP contribution in [0.2, 0.25) is 5.02 Å². The van der Waals surface area contributed by atoms with E-state index in [9.17, 15) is 5.11 Å². The summed E-state index contributed by atoms with van der Waals surface area (Å²) < 4.78 is 4.67. The van der Waals surface area contributed by atoms with Crippen molar-refractivity contribution in [2.75, 3.05) is 10.7 Å². The molecular formula is C18H14ClN7O2. The minimum atomic E-state index is 0.0552. The van der Waals surface area contributed by atoms with E-state index in [1.165, 1.54) is 12.3 Å². The van der Waals surface area contributed by atoms with E-state index in [2.05, 4.69) is 40.8 Å². The first-order valence-electron chi connectivity index (χ1n) is 8.25. The number of hydrazone groups is 1. The monoisotopic (exact) mass is 395 g/mol. The summed E-state index contributed by atoms with van der Waals surface area (Å²) in [6.07, 6.45) is 1.43. The lowest BCUT2D eigenvalue weighted by Crippen LogP contribution is -2.07. The number of nitrogens with one attached hydrogen (secondary N) is 2. The summed E-state index contributed by atoms with van der Waals surface area (Å²) in [5.41, 5.74) is 4.84. The van der Waals surface area contributed by atoms with Crippen molar-refractivity contribution in [3.05, 3.63) is 64.7 Å². The minimum Gasteiger partial charge on any atom is -0.507 e. The summed E-state index contributed by atoms with van der Waals surface area (Å²) in [6, 6.07) is 14.5. The molecule has 28 heavy (non-hydrogen) atoms. The zero-order valence-corrected chi connectivity index (χ0v) is 15.1. The van der Waals surface area contributed by atoms with Gasteiger partial charge in [-0.3, -0.25) is 5.43 Å². The summed E-state index contributed by atoms with van der Waals surface area (Å²) in [5, 5.41) is 25.0. The number of rotatable bonds is 6. The fraction of sp³-hybridized carbons (Fsp3) is 0.0556. The zero-order chi connectivity index (χ0) is 19.3. The highest BCUT2D eigenvalue weighted by Gasteiger charge is 2.12. The summed E-state index contributed by atoms with van der Waals surface area (Å²) in [7, 11) is 0. The van der Waals surface area contributed by atoms with Crippen LogP contribution < -0.4 is 10.7 Å². The fourth-order valence-electron chi connectivity index (χ4n) is 2.41. The zero-order valence-electron chi connectivity index (χ0n) is 14.4. The lowest BCUT2D eigenvalue weighted by Gasteiger charge is -2.09. The van der Waals surface area contributed by atoms with Gasteiger partial charge in [-0.2, -0.15) is 10.1 Å². The van der Waals surface area contributed by atoms with Gasteiger partial charge in [0.05, 0.1) is 6.21 Å². The van der Waals surface area contributed by atoms with Crippen LogP contribution in [0.1, 0.15) is 11.1 Å². The summed E-state index contributed by atoms with van der Waals surface area (Å²) in [6.45, 7) is 0.528. The Bertz CT molecular complexity index is 1130. The van der Waals surface area contributed by atoms with Crippen LogP contribution >= 0.6 is 11.6 Å². The smallest absolute Gasteiger partial charge is 0.245 e. The molecule has 10 heteroatoms. The van der Waals surface area contributed by atoms with Crippen LogP contribution in [0.3, 0.4) is 0 Å². The highest BCUT2D eigenvalue weighted by atomic mass is 35.5. The Hall–Kier alpha value is -3.72. The topological polar surface area (TPSA) is 121 Å². The van der Waals surface area contributed by atoms with Gasteiger partial charge < -0.3 is 10.4 Å². The molecule has 4 aromatic rings. The van der Waals surface area contributed by atoms with Crippen LogP contribution in [0.4, 0.5) is 11.6 Å². The second-order valence-electron chi connectivity index (χ2n) is 5.74. The van der Waals surface area contributed by atoms with Crippen LogP contribution in [0, 0.1) is 0 Å². The van der Waals surface area contributed by atoms with Gasteiger partial charge >= 0.3 is 0 Å². The van der Waals surface area contributed by atoms with E-state index in [-0.39, 0.29) is 17.0 Å².